The summed E-state index contributed by atoms with van der Waals surface area (Å²) in [7, 11) is -0.606. The Kier molecular flexibility index (Phi) is 4.81. The lowest BCUT2D eigenvalue weighted by atomic mass is 10.1. The Balaban J connectivity index is 1.85. The van der Waals surface area contributed by atoms with E-state index in [-0.39, 0.29) is 10.6 Å². The summed E-state index contributed by atoms with van der Waals surface area (Å²) in [5.41, 5.74) is 2.01. The minimum Gasteiger partial charge on any atom is -0.452 e. The normalized spacial score (nSPS) is 11.9. The third-order valence-electron chi connectivity index (χ3n) is 4.50. The molecule has 4 aromatic rings. The quantitative estimate of drug-likeness (QED) is 0.494. The first-order valence-corrected chi connectivity index (χ1v) is 10.2. The number of hydrogen-bond donors (Lipinski definition) is 0. The molecule has 2 aromatic heterocycles. The molecule has 0 aliphatic rings. The fraction of sp³-hybridized carbons (Fsp3) is 0.0952. The summed E-state index contributed by atoms with van der Waals surface area (Å²) in [4.78, 5) is 0.180. The lowest BCUT2D eigenvalue weighted by molar-refractivity contribution is 0.444. The highest BCUT2D eigenvalue weighted by Crippen LogP contribution is 2.35. The molecule has 0 aliphatic heterocycles. The fourth-order valence-electron chi connectivity index (χ4n) is 3.01. The maximum absolute atomic E-state index is 14.1. The zero-order valence-corrected chi connectivity index (χ0v) is 16.6. The van der Waals surface area contributed by atoms with Crippen molar-refractivity contribution in [1.82, 2.24) is 13.9 Å². The molecule has 148 valence electrons. The number of rotatable bonds is 5. The number of hydrogen-bond acceptors (Lipinski definition) is 4. The number of fused-ring (bicyclic) bond motifs is 1. The number of ether oxygens (including phenoxy) is 1. The molecule has 0 N–H and O–H groups in total. The number of para-hydroxylation sites is 1. The highest BCUT2D eigenvalue weighted by molar-refractivity contribution is 7.89. The van der Waals surface area contributed by atoms with Crippen LogP contribution in [-0.4, -0.2) is 36.4 Å². The van der Waals surface area contributed by atoms with Gasteiger partial charge in [0, 0.05) is 31.9 Å². The lowest BCUT2D eigenvalue weighted by Crippen LogP contribution is -2.22. The molecule has 0 spiro atoms. The van der Waals surface area contributed by atoms with Crippen molar-refractivity contribution in [2.75, 3.05) is 14.1 Å². The van der Waals surface area contributed by atoms with Gasteiger partial charge in [0.1, 0.15) is 5.52 Å². The molecule has 4 rings (SSSR count). The molecule has 0 amide bonds. The minimum atomic E-state index is -3.58. The first kappa shape index (κ1) is 19.1. The fourth-order valence-corrected chi connectivity index (χ4v) is 3.96. The molecular weight excluding hydrogens is 393 g/mol. The van der Waals surface area contributed by atoms with E-state index in [1.807, 2.05) is 12.1 Å². The monoisotopic (exact) mass is 411 g/mol. The van der Waals surface area contributed by atoms with E-state index in [4.69, 9.17) is 4.74 Å². The van der Waals surface area contributed by atoms with E-state index in [0.29, 0.717) is 16.8 Å². The molecule has 2 heterocycles. The van der Waals surface area contributed by atoms with Crippen LogP contribution in [0.2, 0.25) is 0 Å². The van der Waals surface area contributed by atoms with Gasteiger partial charge in [0.25, 0.3) is 0 Å². The third-order valence-corrected chi connectivity index (χ3v) is 6.31. The van der Waals surface area contributed by atoms with Crippen LogP contribution in [0.15, 0.2) is 78.0 Å². The molecule has 29 heavy (non-hydrogen) atoms. The van der Waals surface area contributed by atoms with Gasteiger partial charge in [0.2, 0.25) is 10.0 Å². The average Bonchev–Trinajstić information content (AvgIpc) is 3.15. The molecule has 0 bridgehead atoms. The molecule has 6 nitrogen and oxygen atoms in total. The summed E-state index contributed by atoms with van der Waals surface area (Å²) in [5.74, 6) is 0.0253. The topological polar surface area (TPSA) is 63.9 Å². The van der Waals surface area contributed by atoms with Gasteiger partial charge in [-0.2, -0.15) is 5.10 Å². The van der Waals surface area contributed by atoms with Crippen molar-refractivity contribution in [3.8, 4) is 22.6 Å². The van der Waals surface area contributed by atoms with Gasteiger partial charge in [0.15, 0.2) is 17.3 Å². The lowest BCUT2D eigenvalue weighted by Gasteiger charge is -2.13. The van der Waals surface area contributed by atoms with Crippen molar-refractivity contribution in [3.63, 3.8) is 0 Å². The first-order valence-electron chi connectivity index (χ1n) is 8.79. The van der Waals surface area contributed by atoms with Crippen molar-refractivity contribution in [2.45, 2.75) is 4.90 Å². The van der Waals surface area contributed by atoms with Crippen LogP contribution in [0.5, 0.6) is 11.5 Å². The zero-order chi connectivity index (χ0) is 20.6. The maximum atomic E-state index is 14.1. The molecule has 0 saturated heterocycles. The highest BCUT2D eigenvalue weighted by Gasteiger charge is 2.19. The Labute approximate surface area is 167 Å². The van der Waals surface area contributed by atoms with Crippen LogP contribution in [0, 0.1) is 5.82 Å². The largest absolute Gasteiger partial charge is 0.452 e. The molecule has 8 heteroatoms. The molecule has 0 radical (unpaired) electrons. The van der Waals surface area contributed by atoms with E-state index in [2.05, 4.69) is 5.10 Å². The van der Waals surface area contributed by atoms with Crippen molar-refractivity contribution >= 4 is 15.5 Å². The van der Waals surface area contributed by atoms with Crippen LogP contribution in [0.4, 0.5) is 4.39 Å². The Morgan fingerprint density at radius 1 is 1.00 bits per heavy atom. The summed E-state index contributed by atoms with van der Waals surface area (Å²) in [5, 5.41) is 4.27. The van der Waals surface area contributed by atoms with Crippen LogP contribution < -0.4 is 4.74 Å². The van der Waals surface area contributed by atoms with Gasteiger partial charge in [0.05, 0.1) is 11.1 Å². The molecule has 0 fully saturated rings. The van der Waals surface area contributed by atoms with Gasteiger partial charge in [-0.25, -0.2) is 21.6 Å². The molecule has 0 unspecified atom stereocenters. The average molecular weight is 411 g/mol. The Hall–Kier alpha value is -3.23. The second-order valence-corrected chi connectivity index (χ2v) is 8.72. The molecule has 0 saturated carbocycles. The predicted molar refractivity (Wildman–Crippen MR) is 108 cm³/mol. The second-order valence-electron chi connectivity index (χ2n) is 6.57. The predicted octanol–water partition coefficient (Wildman–Crippen LogP) is 4.18. The van der Waals surface area contributed by atoms with E-state index in [0.717, 1.165) is 9.87 Å². The van der Waals surface area contributed by atoms with Gasteiger partial charge in [-0.15, -0.1) is 0 Å². The second kappa shape index (κ2) is 7.31. The third kappa shape index (κ3) is 3.48. The maximum Gasteiger partial charge on any atom is 0.242 e. The van der Waals surface area contributed by atoms with E-state index in [1.54, 1.807) is 59.4 Å². The molecule has 2 aromatic carbocycles. The smallest absolute Gasteiger partial charge is 0.242 e. The minimum absolute atomic E-state index is 0.0942. The van der Waals surface area contributed by atoms with Gasteiger partial charge >= 0.3 is 0 Å². The van der Waals surface area contributed by atoms with Gasteiger partial charge in [-0.05, 0) is 35.9 Å². The van der Waals surface area contributed by atoms with Crippen LogP contribution in [0.3, 0.4) is 0 Å². The number of sulfonamides is 1. The summed E-state index contributed by atoms with van der Waals surface area (Å²) in [6, 6.07) is 16.2. The van der Waals surface area contributed by atoms with Crippen molar-refractivity contribution < 1.29 is 17.5 Å². The Morgan fingerprint density at radius 3 is 2.55 bits per heavy atom. The Morgan fingerprint density at radius 2 is 1.79 bits per heavy atom. The van der Waals surface area contributed by atoms with E-state index < -0.39 is 15.8 Å². The van der Waals surface area contributed by atoms with Gasteiger partial charge < -0.3 is 4.74 Å². The summed E-state index contributed by atoms with van der Waals surface area (Å²) in [6.45, 7) is 0. The summed E-state index contributed by atoms with van der Waals surface area (Å²) in [6.07, 6.45) is 3.30. The Bertz CT molecular complexity index is 1300. The van der Waals surface area contributed by atoms with E-state index >= 15 is 0 Å². The summed E-state index contributed by atoms with van der Waals surface area (Å²) < 4.78 is 47.7. The number of nitrogens with zero attached hydrogens (tertiary/aromatic N) is 3. The molecular formula is C21H18FN3O3S. The number of halogens is 1. The number of benzene rings is 2. The van der Waals surface area contributed by atoms with Crippen molar-refractivity contribution in [1.29, 1.82) is 0 Å². The van der Waals surface area contributed by atoms with Gasteiger partial charge in [-0.1, -0.05) is 24.3 Å². The first-order chi connectivity index (χ1) is 13.9. The van der Waals surface area contributed by atoms with E-state index in [9.17, 15) is 12.8 Å². The SMILES string of the molecule is CN(C)S(=O)(=O)c1cccc(-c2ccn3nccc(Oc4ccccc4F)c23)c1. The van der Waals surface area contributed by atoms with Crippen LogP contribution in [0.1, 0.15) is 0 Å². The highest BCUT2D eigenvalue weighted by atomic mass is 32.2. The van der Waals surface area contributed by atoms with Crippen LogP contribution >= 0.6 is 0 Å². The zero-order valence-electron chi connectivity index (χ0n) is 15.8. The molecule has 0 atom stereocenters. The van der Waals surface area contributed by atoms with Crippen molar-refractivity contribution in [3.05, 3.63) is 78.9 Å². The standard InChI is InChI=1S/C21H18FN3O3S/c1-24(2)29(26,27)16-7-5-6-15(14-16)17-11-13-25-21(17)20(10-12-23-25)28-19-9-4-3-8-18(19)22/h3-14H,1-2H3. The van der Waals surface area contributed by atoms with Crippen LogP contribution in [-0.2, 0) is 10.0 Å². The number of aromatic nitrogens is 2. The van der Waals surface area contributed by atoms with Gasteiger partial charge in [-0.3, -0.25) is 0 Å². The summed E-state index contributed by atoms with van der Waals surface area (Å²) >= 11 is 0. The van der Waals surface area contributed by atoms with E-state index in [1.165, 1.54) is 20.2 Å². The molecule has 0 aliphatic carbocycles. The van der Waals surface area contributed by atoms with Crippen LogP contribution in [0.25, 0.3) is 16.6 Å². The van der Waals surface area contributed by atoms with Crippen molar-refractivity contribution in [2.24, 2.45) is 0 Å².